The molecule has 182 valence electrons. The Hall–Kier alpha value is -2.39. The zero-order chi connectivity index (χ0) is 24.7. The van der Waals surface area contributed by atoms with Gasteiger partial charge in [-0.25, -0.2) is 4.39 Å². The molecule has 0 radical (unpaired) electrons. The van der Waals surface area contributed by atoms with Crippen molar-refractivity contribution in [3.63, 3.8) is 0 Å². The highest BCUT2D eigenvalue weighted by atomic mass is 19.1. The van der Waals surface area contributed by atoms with Crippen LogP contribution in [-0.2, 0) is 11.2 Å². The molecule has 1 aliphatic carbocycles. The molecule has 4 nitrogen and oxygen atoms in total. The number of hydrogen-bond donors (Lipinski definition) is 2. The number of halogens is 1. The molecule has 1 aromatic rings. The Labute approximate surface area is 202 Å². The van der Waals surface area contributed by atoms with Gasteiger partial charge in [0, 0.05) is 19.0 Å². The minimum absolute atomic E-state index is 0.0897. The average Bonchev–Trinajstić information content (AvgIpc) is 2.76. The molecule has 1 saturated heterocycles. The van der Waals surface area contributed by atoms with Crippen molar-refractivity contribution in [2.24, 2.45) is 17.8 Å². The third-order valence-electron chi connectivity index (χ3n) is 7.86. The predicted molar refractivity (Wildman–Crippen MR) is 132 cm³/mol. The number of rotatable bonds is 6. The van der Waals surface area contributed by atoms with Crippen molar-refractivity contribution in [3.8, 4) is 12.3 Å². The van der Waals surface area contributed by atoms with Crippen molar-refractivity contribution >= 4 is 0 Å². The lowest BCUT2D eigenvalue weighted by molar-refractivity contribution is -0.108. The van der Waals surface area contributed by atoms with Gasteiger partial charge in [-0.15, -0.1) is 6.42 Å². The molecular weight excluding hydrogens is 429 g/mol. The van der Waals surface area contributed by atoms with E-state index in [4.69, 9.17) is 11.2 Å². The lowest BCUT2D eigenvalue weighted by Gasteiger charge is -2.49. The van der Waals surface area contributed by atoms with Crippen LogP contribution in [-0.4, -0.2) is 46.1 Å². The van der Waals surface area contributed by atoms with E-state index in [2.05, 4.69) is 38.5 Å². The van der Waals surface area contributed by atoms with Crippen molar-refractivity contribution < 1.29 is 19.3 Å². The van der Waals surface area contributed by atoms with E-state index in [1.807, 2.05) is 18.2 Å². The average molecular weight is 466 g/mol. The molecule has 2 heterocycles. The Morgan fingerprint density at radius 1 is 1.24 bits per heavy atom. The predicted octanol–water partition coefficient (Wildman–Crippen LogP) is 4.60. The van der Waals surface area contributed by atoms with Gasteiger partial charge in [0.05, 0.1) is 12.1 Å². The van der Waals surface area contributed by atoms with Crippen molar-refractivity contribution in [3.05, 3.63) is 70.3 Å². The Morgan fingerprint density at radius 3 is 2.62 bits per heavy atom. The van der Waals surface area contributed by atoms with E-state index >= 15 is 0 Å². The molecule has 3 unspecified atom stereocenters. The number of terminal acetylenes is 1. The summed E-state index contributed by atoms with van der Waals surface area (Å²) >= 11 is 0. The second-order valence-corrected chi connectivity index (χ2v) is 10.7. The summed E-state index contributed by atoms with van der Waals surface area (Å²) in [6.45, 7) is 10.5. The van der Waals surface area contributed by atoms with E-state index < -0.39 is 11.4 Å². The number of aryl methyl sites for hydroxylation is 1. The molecule has 1 fully saturated rings. The van der Waals surface area contributed by atoms with Gasteiger partial charge in [0.15, 0.2) is 0 Å². The van der Waals surface area contributed by atoms with Crippen molar-refractivity contribution in [1.82, 2.24) is 4.90 Å². The third kappa shape index (κ3) is 4.86. The van der Waals surface area contributed by atoms with Crippen molar-refractivity contribution in [1.29, 1.82) is 0 Å². The number of aliphatic hydroxyl groups is 2. The minimum atomic E-state index is -2.09. The summed E-state index contributed by atoms with van der Waals surface area (Å²) in [5.41, 5.74) is 3.01. The van der Waals surface area contributed by atoms with Gasteiger partial charge in [-0.3, -0.25) is 4.90 Å². The van der Waals surface area contributed by atoms with Crippen LogP contribution in [0.5, 0.6) is 0 Å². The first-order valence-corrected chi connectivity index (χ1v) is 12.2. The van der Waals surface area contributed by atoms with Gasteiger partial charge < -0.3 is 14.9 Å². The number of likely N-dealkylation sites (tertiary alicyclic amines) is 1. The van der Waals surface area contributed by atoms with Crippen LogP contribution in [0.4, 0.5) is 4.39 Å². The number of hydrogen-bond acceptors (Lipinski definition) is 4. The van der Waals surface area contributed by atoms with Gasteiger partial charge in [0.2, 0.25) is 5.79 Å². The lowest BCUT2D eigenvalue weighted by Crippen LogP contribution is -2.51. The standard InChI is InChI=1S/C29H36FNO3/c1-6-14-31-15-13-25-24(18-31)27-26(34-28(25,4)5)16-22(17-29(27,32)33)20(3)19(2)7-8-21-9-11-23(30)12-10-21/h1,9-12,16-17,19-20,25,32-33H,7-8,13-15,18H2,2-5H3. The van der Waals surface area contributed by atoms with E-state index in [0.717, 1.165) is 42.5 Å². The molecule has 0 spiro atoms. The molecule has 1 aromatic carbocycles. The van der Waals surface area contributed by atoms with Gasteiger partial charge in [-0.2, -0.15) is 0 Å². The summed E-state index contributed by atoms with van der Waals surface area (Å²) in [6, 6.07) is 6.62. The highest BCUT2D eigenvalue weighted by Crippen LogP contribution is 2.49. The van der Waals surface area contributed by atoms with Gasteiger partial charge in [0.1, 0.15) is 17.2 Å². The molecule has 0 bridgehead atoms. The number of ether oxygens (including phenoxy) is 1. The van der Waals surface area contributed by atoms with Crippen molar-refractivity contribution in [2.45, 2.75) is 58.3 Å². The maximum Gasteiger partial charge on any atom is 0.214 e. The second kappa shape index (κ2) is 9.34. The van der Waals surface area contributed by atoms with Crippen LogP contribution in [0, 0.1) is 35.9 Å². The molecule has 5 heteroatoms. The molecule has 3 aliphatic rings. The fourth-order valence-electron chi connectivity index (χ4n) is 5.67. The van der Waals surface area contributed by atoms with Crippen LogP contribution >= 0.6 is 0 Å². The Balaban J connectivity index is 1.59. The van der Waals surface area contributed by atoms with E-state index in [9.17, 15) is 14.6 Å². The zero-order valence-corrected chi connectivity index (χ0v) is 20.6. The lowest BCUT2D eigenvalue weighted by atomic mass is 9.71. The second-order valence-electron chi connectivity index (χ2n) is 10.7. The van der Waals surface area contributed by atoms with E-state index in [0.29, 0.717) is 24.4 Å². The van der Waals surface area contributed by atoms with E-state index in [-0.39, 0.29) is 23.6 Å². The fraction of sp³-hybridized carbons (Fsp3) is 0.517. The quantitative estimate of drug-likeness (QED) is 0.476. The Kier molecular flexibility index (Phi) is 6.79. The summed E-state index contributed by atoms with van der Waals surface area (Å²) in [6.07, 6.45) is 11.7. The van der Waals surface area contributed by atoms with Crippen LogP contribution in [0.3, 0.4) is 0 Å². The molecule has 4 rings (SSSR count). The van der Waals surface area contributed by atoms with Crippen LogP contribution in [0.15, 0.2) is 58.9 Å². The SMILES string of the molecule is C#CCN1CCC2C(=C3C(=CC(C(C)C(C)CCc4ccc(F)cc4)=CC3(O)O)OC2(C)C)C1. The fourth-order valence-corrected chi connectivity index (χ4v) is 5.67. The van der Waals surface area contributed by atoms with Crippen LogP contribution < -0.4 is 0 Å². The monoisotopic (exact) mass is 465 g/mol. The molecule has 34 heavy (non-hydrogen) atoms. The molecule has 0 aromatic heterocycles. The molecule has 3 atom stereocenters. The molecule has 2 aliphatic heterocycles. The highest BCUT2D eigenvalue weighted by molar-refractivity contribution is 5.52. The topological polar surface area (TPSA) is 52.9 Å². The molecule has 0 saturated carbocycles. The summed E-state index contributed by atoms with van der Waals surface area (Å²) in [4.78, 5) is 2.17. The molecular formula is C29H36FNO3. The Bertz CT molecular complexity index is 1060. The third-order valence-corrected chi connectivity index (χ3v) is 7.86. The first-order valence-electron chi connectivity index (χ1n) is 12.2. The maximum atomic E-state index is 13.2. The summed E-state index contributed by atoms with van der Waals surface area (Å²) < 4.78 is 19.6. The minimum Gasteiger partial charge on any atom is -0.487 e. The number of allylic oxidation sites excluding steroid dienone is 2. The molecule has 0 amide bonds. The van der Waals surface area contributed by atoms with Crippen LogP contribution in [0.1, 0.15) is 46.1 Å². The smallest absolute Gasteiger partial charge is 0.214 e. The number of benzene rings is 1. The van der Waals surface area contributed by atoms with Gasteiger partial charge in [0.25, 0.3) is 0 Å². The van der Waals surface area contributed by atoms with Crippen LogP contribution in [0.2, 0.25) is 0 Å². The summed E-state index contributed by atoms with van der Waals surface area (Å²) in [7, 11) is 0. The summed E-state index contributed by atoms with van der Waals surface area (Å²) in [5, 5.41) is 22.5. The number of piperidine rings is 1. The molecule has 2 N–H and O–H groups in total. The highest BCUT2D eigenvalue weighted by Gasteiger charge is 2.49. The van der Waals surface area contributed by atoms with E-state index in [1.54, 1.807) is 6.08 Å². The maximum absolute atomic E-state index is 13.2. The van der Waals surface area contributed by atoms with E-state index in [1.165, 1.54) is 12.1 Å². The Morgan fingerprint density at radius 2 is 1.94 bits per heavy atom. The van der Waals surface area contributed by atoms with Crippen molar-refractivity contribution in [2.75, 3.05) is 19.6 Å². The number of fused-ring (bicyclic) bond motifs is 2. The first-order chi connectivity index (χ1) is 16.0. The first kappa shape index (κ1) is 24.7. The largest absolute Gasteiger partial charge is 0.487 e. The van der Waals surface area contributed by atoms with Gasteiger partial charge in [-0.05, 0) is 85.9 Å². The van der Waals surface area contributed by atoms with Crippen LogP contribution in [0.25, 0.3) is 0 Å². The summed E-state index contributed by atoms with van der Waals surface area (Å²) in [5.74, 6) is 1.42. The van der Waals surface area contributed by atoms with Gasteiger partial charge in [-0.1, -0.05) is 31.9 Å². The van der Waals surface area contributed by atoms with Gasteiger partial charge >= 0.3 is 0 Å². The normalized spacial score (nSPS) is 25.2. The zero-order valence-electron chi connectivity index (χ0n) is 20.6. The number of nitrogens with zero attached hydrogens (tertiary/aromatic N) is 1.